The van der Waals surface area contributed by atoms with Gasteiger partial charge in [0.1, 0.15) is 5.72 Å². The summed E-state index contributed by atoms with van der Waals surface area (Å²) >= 11 is 1.77. The fourth-order valence-electron chi connectivity index (χ4n) is 4.47. The van der Waals surface area contributed by atoms with Crippen LogP contribution in [0.4, 0.5) is 0 Å². The van der Waals surface area contributed by atoms with E-state index in [0.717, 1.165) is 22.3 Å². The Morgan fingerprint density at radius 2 is 1.20 bits per heavy atom. The van der Waals surface area contributed by atoms with Crippen LogP contribution in [0, 0.1) is 0 Å². The Hall–Kier alpha value is -3.91. The minimum atomic E-state index is -1.04. The summed E-state index contributed by atoms with van der Waals surface area (Å²) in [6.07, 6.45) is 0. The highest BCUT2D eigenvalue weighted by molar-refractivity contribution is 7.25. The normalized spacial score (nSPS) is 12.2. The topological polar surface area (TPSA) is 68.1 Å². The third-order valence-electron chi connectivity index (χ3n) is 7.60. The molecule has 0 radical (unpaired) electrons. The fraction of sp³-hybridized carbons (Fsp3) is 0.182. The molecule has 2 heterocycles. The average Bonchev–Trinajstić information content (AvgIpc) is 3.34. The van der Waals surface area contributed by atoms with E-state index in [2.05, 4.69) is 66.7 Å². The molecule has 0 fully saturated rings. The molecule has 0 aliphatic carbocycles. The summed E-state index contributed by atoms with van der Waals surface area (Å²) < 4.78 is 8.59. The van der Waals surface area contributed by atoms with Crippen molar-refractivity contribution in [2.24, 2.45) is 0 Å². The van der Waals surface area contributed by atoms with Crippen LogP contribution in [0.1, 0.15) is 27.7 Å². The summed E-state index contributed by atoms with van der Waals surface area (Å²) in [7, 11) is 0.146. The van der Waals surface area contributed by atoms with Gasteiger partial charge in [-0.25, -0.2) is 15.0 Å². The summed E-state index contributed by atoms with van der Waals surface area (Å²) in [6.45, 7) is 7.22. The van der Waals surface area contributed by atoms with E-state index in [1.165, 1.54) is 20.2 Å². The van der Waals surface area contributed by atoms with E-state index in [0.29, 0.717) is 17.4 Å². The van der Waals surface area contributed by atoms with E-state index in [9.17, 15) is 5.11 Å². The van der Waals surface area contributed by atoms with E-state index in [1.807, 2.05) is 44.2 Å². The van der Waals surface area contributed by atoms with Crippen molar-refractivity contribution in [3.8, 4) is 33.9 Å². The smallest absolute Gasteiger partial charge is 0.353 e. The molecular weight excluding hydrogens is 513 g/mol. The van der Waals surface area contributed by atoms with Crippen LogP contribution in [0.5, 0.6) is 0 Å². The van der Waals surface area contributed by atoms with Gasteiger partial charge in [0.25, 0.3) is 0 Å². The van der Waals surface area contributed by atoms with Gasteiger partial charge in [0.2, 0.25) is 0 Å². The van der Waals surface area contributed by atoms with Gasteiger partial charge in [0.15, 0.2) is 11.6 Å². The monoisotopic (exact) mass is 543 g/mol. The zero-order valence-corrected chi connectivity index (χ0v) is 23.9. The van der Waals surface area contributed by atoms with Crippen LogP contribution in [0.15, 0.2) is 97.1 Å². The van der Waals surface area contributed by atoms with Crippen molar-refractivity contribution >= 4 is 44.7 Å². The van der Waals surface area contributed by atoms with Crippen LogP contribution in [0.3, 0.4) is 0 Å². The molecule has 2 aromatic heterocycles. The van der Waals surface area contributed by atoms with Crippen LogP contribution in [-0.4, -0.2) is 38.7 Å². The van der Waals surface area contributed by atoms with Crippen LogP contribution in [0.2, 0.25) is 0 Å². The molecule has 0 aliphatic heterocycles. The molecule has 0 amide bonds. The molecule has 0 atom stereocenters. The van der Waals surface area contributed by atoms with Gasteiger partial charge >= 0.3 is 7.48 Å². The maximum atomic E-state index is 10.6. The maximum Gasteiger partial charge on any atom is 0.353 e. The van der Waals surface area contributed by atoms with Crippen LogP contribution < -0.4 is 5.72 Å². The number of nitrogens with zero attached hydrogens (tertiary/aromatic N) is 3. The molecule has 0 spiro atoms. The summed E-state index contributed by atoms with van der Waals surface area (Å²) in [6, 6.07) is 33.4. The number of benzene rings is 4. The molecule has 4 aromatic carbocycles. The van der Waals surface area contributed by atoms with Crippen molar-refractivity contribution in [1.29, 1.82) is 0 Å². The lowest BCUT2D eigenvalue weighted by Crippen LogP contribution is -2.49. The lowest BCUT2D eigenvalue weighted by Gasteiger charge is -2.37. The van der Waals surface area contributed by atoms with Gasteiger partial charge in [-0.15, -0.1) is 11.3 Å². The Balaban J connectivity index is 1.41. The summed E-state index contributed by atoms with van der Waals surface area (Å²) in [4.78, 5) is 14.5. The Bertz CT molecular complexity index is 1810. The number of aromatic nitrogens is 3. The third kappa shape index (κ3) is 5.16. The Kier molecular flexibility index (Phi) is 6.74. The van der Waals surface area contributed by atoms with E-state index < -0.39 is 11.2 Å². The van der Waals surface area contributed by atoms with Crippen molar-refractivity contribution < 1.29 is 9.76 Å². The molecule has 1 N–H and O–H groups in total. The number of hydrogen-bond donors (Lipinski definition) is 1. The van der Waals surface area contributed by atoms with Crippen LogP contribution in [-0.2, 0) is 4.65 Å². The second-order valence-corrected chi connectivity index (χ2v) is 12.1. The van der Waals surface area contributed by atoms with Crippen LogP contribution >= 0.6 is 11.3 Å². The number of fused-ring (bicyclic) bond motifs is 3. The van der Waals surface area contributed by atoms with Gasteiger partial charge in [-0.3, -0.25) is 0 Å². The highest BCUT2D eigenvalue weighted by Gasteiger charge is 2.36. The van der Waals surface area contributed by atoms with Gasteiger partial charge in [0, 0.05) is 31.3 Å². The minimum absolute atomic E-state index is 0.146. The third-order valence-corrected chi connectivity index (χ3v) is 8.74. The molecule has 0 saturated carbocycles. The average molecular weight is 544 g/mol. The summed E-state index contributed by atoms with van der Waals surface area (Å²) in [5.74, 6) is 1.18. The molecule has 198 valence electrons. The Morgan fingerprint density at radius 1 is 0.625 bits per heavy atom. The van der Waals surface area contributed by atoms with Crippen molar-refractivity contribution in [3.63, 3.8) is 0 Å². The lowest BCUT2D eigenvalue weighted by atomic mass is 9.86. The largest absolute Gasteiger partial charge is 0.423 e. The lowest BCUT2D eigenvalue weighted by molar-refractivity contribution is -0.0894. The van der Waals surface area contributed by atoms with Gasteiger partial charge in [-0.2, -0.15) is 0 Å². The van der Waals surface area contributed by atoms with E-state index in [-0.39, 0.29) is 7.48 Å². The molecule has 40 heavy (non-hydrogen) atoms. The summed E-state index contributed by atoms with van der Waals surface area (Å²) in [5, 5.41) is 13.1. The van der Waals surface area contributed by atoms with Gasteiger partial charge < -0.3 is 9.76 Å². The first-order valence-corrected chi connectivity index (χ1v) is 14.2. The summed E-state index contributed by atoms with van der Waals surface area (Å²) in [5.41, 5.74) is 2.79. The van der Waals surface area contributed by atoms with Gasteiger partial charge in [-0.1, -0.05) is 84.9 Å². The standard InChI is InChI=1S/C33H30BN3O2S/c1-32(2,38)33(3,4)39-34-31-36-29(23-16-14-22(15-17-23)21-10-6-5-7-11-21)35-30(37-31)24-18-19-26-25-12-8-9-13-27(25)40-28(26)20-24/h5-20,34,38H,1-4H3. The van der Waals surface area contributed by atoms with Crippen molar-refractivity contribution in [1.82, 2.24) is 15.0 Å². The number of thiophene rings is 1. The second kappa shape index (κ2) is 10.2. The second-order valence-electron chi connectivity index (χ2n) is 11.0. The minimum Gasteiger partial charge on any atom is -0.423 e. The molecule has 0 saturated heterocycles. The predicted molar refractivity (Wildman–Crippen MR) is 167 cm³/mol. The highest BCUT2D eigenvalue weighted by atomic mass is 32.1. The van der Waals surface area contributed by atoms with E-state index in [4.69, 9.17) is 19.6 Å². The highest BCUT2D eigenvalue weighted by Crippen LogP contribution is 2.36. The SMILES string of the molecule is CC(C)(O)C(C)(C)OBc1nc(-c2ccc(-c3ccccc3)cc2)nc(-c2ccc3c(c2)sc2ccccc23)n1. The van der Waals surface area contributed by atoms with E-state index in [1.54, 1.807) is 25.2 Å². The molecule has 0 bridgehead atoms. The molecule has 0 unspecified atom stereocenters. The zero-order valence-electron chi connectivity index (χ0n) is 23.1. The molecule has 0 aliphatic rings. The van der Waals surface area contributed by atoms with Crippen molar-refractivity contribution in [2.45, 2.75) is 38.9 Å². The molecule has 7 heteroatoms. The van der Waals surface area contributed by atoms with Crippen molar-refractivity contribution in [2.75, 3.05) is 0 Å². The number of aliphatic hydroxyl groups is 1. The predicted octanol–water partition coefficient (Wildman–Crippen LogP) is 6.78. The first-order valence-electron chi connectivity index (χ1n) is 13.4. The number of rotatable bonds is 7. The molecule has 6 aromatic rings. The maximum absolute atomic E-state index is 10.6. The van der Waals surface area contributed by atoms with Crippen molar-refractivity contribution in [3.05, 3.63) is 97.1 Å². The Morgan fingerprint density at radius 3 is 1.93 bits per heavy atom. The Labute approximate surface area is 238 Å². The van der Waals surface area contributed by atoms with Gasteiger partial charge in [-0.05, 0) is 51.0 Å². The molecular formula is C33H30BN3O2S. The van der Waals surface area contributed by atoms with E-state index >= 15 is 0 Å². The molecule has 5 nitrogen and oxygen atoms in total. The number of hydrogen-bond acceptors (Lipinski definition) is 6. The van der Waals surface area contributed by atoms with Crippen LogP contribution in [0.25, 0.3) is 54.1 Å². The molecule has 6 rings (SSSR count). The fourth-order valence-corrected chi connectivity index (χ4v) is 5.62. The first-order chi connectivity index (χ1) is 19.2. The quantitative estimate of drug-likeness (QED) is 0.225. The first kappa shape index (κ1) is 26.3. The zero-order chi connectivity index (χ0) is 27.9. The van der Waals surface area contributed by atoms with Gasteiger partial charge in [0.05, 0.1) is 11.2 Å².